The Labute approximate surface area is 255 Å². The van der Waals surface area contributed by atoms with Gasteiger partial charge in [0.15, 0.2) is 0 Å². The summed E-state index contributed by atoms with van der Waals surface area (Å²) in [6.45, 7) is -3.04. The molecule has 228 valence electrons. The van der Waals surface area contributed by atoms with E-state index in [2.05, 4.69) is 68.5 Å². The van der Waals surface area contributed by atoms with Crippen molar-refractivity contribution in [3.63, 3.8) is 0 Å². The lowest BCUT2D eigenvalue weighted by Gasteiger charge is -2.39. The van der Waals surface area contributed by atoms with Gasteiger partial charge in [0, 0.05) is 24.2 Å². The first-order chi connectivity index (χ1) is 21.5. The van der Waals surface area contributed by atoms with Crippen molar-refractivity contribution < 1.29 is 23.0 Å². The van der Waals surface area contributed by atoms with Crippen LogP contribution in [0.5, 0.6) is 0 Å². The fourth-order valence-corrected chi connectivity index (χ4v) is 7.66. The zero-order chi connectivity index (χ0) is 30.2. The zero-order valence-corrected chi connectivity index (χ0v) is 24.6. The Bertz CT molecular complexity index is 1640. The number of alkyl halides is 2. The molecule has 3 aromatic carbocycles. The minimum Gasteiger partial charge on any atom is -0.453 e. The Morgan fingerprint density at radius 2 is 1.89 bits per heavy atom. The smallest absolute Gasteiger partial charge is 0.407 e. The number of amides is 1. The van der Waals surface area contributed by atoms with E-state index in [0.717, 1.165) is 48.3 Å². The van der Waals surface area contributed by atoms with E-state index < -0.39 is 18.7 Å². The van der Waals surface area contributed by atoms with E-state index >= 15 is 0 Å². The number of fused-ring (bicyclic) bond motifs is 5. The molecule has 4 aromatic rings. The third kappa shape index (κ3) is 5.34. The van der Waals surface area contributed by atoms with Gasteiger partial charge in [-0.2, -0.15) is 8.78 Å². The summed E-state index contributed by atoms with van der Waals surface area (Å²) >= 11 is 0. The topological polar surface area (TPSA) is 79.5 Å². The Hall–Kier alpha value is -4.24. The number of aromatic amines is 1. The van der Waals surface area contributed by atoms with Gasteiger partial charge in [-0.3, -0.25) is 0 Å². The van der Waals surface area contributed by atoms with Gasteiger partial charge in [-0.05, 0) is 71.4 Å². The van der Waals surface area contributed by atoms with Gasteiger partial charge in [-0.15, -0.1) is 0 Å². The van der Waals surface area contributed by atoms with E-state index in [1.54, 1.807) is 0 Å². The number of nitrogens with zero attached hydrogens (tertiary/aromatic N) is 2. The Kier molecular flexibility index (Phi) is 7.80. The predicted molar refractivity (Wildman–Crippen MR) is 165 cm³/mol. The molecule has 0 spiro atoms. The number of nitrogens with one attached hydrogen (secondary N) is 2. The van der Waals surface area contributed by atoms with Gasteiger partial charge in [0.05, 0.1) is 31.6 Å². The number of benzene rings is 3. The lowest BCUT2D eigenvalue weighted by molar-refractivity contribution is -0.130. The van der Waals surface area contributed by atoms with Crippen LogP contribution in [-0.2, 0) is 22.3 Å². The second-order valence-corrected chi connectivity index (χ2v) is 12.0. The van der Waals surface area contributed by atoms with E-state index in [-0.39, 0.29) is 19.1 Å². The number of carbonyl (C=O) groups excluding carboxylic acids is 1. The third-order valence-electron chi connectivity index (χ3n) is 9.53. The highest BCUT2D eigenvalue weighted by Crippen LogP contribution is 2.55. The third-order valence-corrected chi connectivity index (χ3v) is 9.53. The summed E-state index contributed by atoms with van der Waals surface area (Å²) in [5, 5.41) is 2.87. The SMILES string of the molecule is COC(=O)N[C@H](CCOC(F)F)Cc1ccc2c(c1N1[C@@H]3CC[C@@H](C3)[C@H]1c1ncc(-c3ccccc3)[nH]1)Cc1ccccc1-2. The van der Waals surface area contributed by atoms with E-state index in [9.17, 15) is 13.6 Å². The number of imidazole rings is 1. The lowest BCUT2D eigenvalue weighted by atomic mass is 9.91. The number of aromatic nitrogens is 2. The Balaban J connectivity index is 1.30. The van der Waals surface area contributed by atoms with E-state index in [0.29, 0.717) is 18.4 Å². The minimum absolute atomic E-state index is 0.0781. The van der Waals surface area contributed by atoms with Gasteiger partial charge in [0.2, 0.25) is 0 Å². The van der Waals surface area contributed by atoms with Gasteiger partial charge in [0.1, 0.15) is 5.82 Å². The van der Waals surface area contributed by atoms with E-state index in [4.69, 9.17) is 9.72 Å². The van der Waals surface area contributed by atoms with Gasteiger partial charge < -0.3 is 24.7 Å². The molecule has 2 heterocycles. The standard InChI is InChI=1S/C35H36F2N4O3/c1-43-35(42)39-25(15-16-44-34(36)37)17-23-12-14-28-27-10-6-5-9-22(27)19-29(28)31(23)41-26-13-11-24(18-26)32(41)33-38-20-30(40-33)21-7-3-2-4-8-21/h2-10,12,14,20,24-26,32,34H,11,13,15-19H2,1H3,(H,38,40)(H,39,42)/t24-,25+,26+,32-/m0/s1. The van der Waals surface area contributed by atoms with Crippen LogP contribution in [0, 0.1) is 5.92 Å². The number of carbonyl (C=O) groups is 1. The second kappa shape index (κ2) is 12.0. The van der Waals surface area contributed by atoms with Crippen molar-refractivity contribution in [3.05, 3.63) is 95.4 Å². The van der Waals surface area contributed by atoms with E-state index in [1.807, 2.05) is 24.4 Å². The first-order valence-electron chi connectivity index (χ1n) is 15.4. The highest BCUT2D eigenvalue weighted by molar-refractivity contribution is 5.84. The summed E-state index contributed by atoms with van der Waals surface area (Å²) in [6, 6.07) is 23.1. The molecule has 1 aliphatic heterocycles. The van der Waals surface area contributed by atoms with Crippen molar-refractivity contribution in [1.82, 2.24) is 15.3 Å². The number of methoxy groups -OCH3 is 1. The number of hydrogen-bond acceptors (Lipinski definition) is 5. The van der Waals surface area contributed by atoms with Crippen LogP contribution in [0.25, 0.3) is 22.4 Å². The first-order valence-corrected chi connectivity index (χ1v) is 15.4. The van der Waals surface area contributed by atoms with Crippen molar-refractivity contribution in [2.45, 2.75) is 63.3 Å². The quantitative estimate of drug-likeness (QED) is 0.177. The number of ether oxygens (including phenoxy) is 2. The van der Waals surface area contributed by atoms with Crippen LogP contribution in [0.1, 0.15) is 54.2 Å². The number of hydrogen-bond donors (Lipinski definition) is 2. The molecule has 1 saturated heterocycles. The number of anilines is 1. The predicted octanol–water partition coefficient (Wildman–Crippen LogP) is 7.27. The largest absolute Gasteiger partial charge is 0.453 e. The van der Waals surface area contributed by atoms with Crippen molar-refractivity contribution in [2.75, 3.05) is 18.6 Å². The van der Waals surface area contributed by atoms with Crippen LogP contribution in [0.15, 0.2) is 72.9 Å². The Morgan fingerprint density at radius 3 is 2.70 bits per heavy atom. The molecule has 2 aliphatic carbocycles. The molecule has 3 aliphatic rings. The number of H-pyrrole nitrogens is 1. The second-order valence-electron chi connectivity index (χ2n) is 12.0. The molecule has 9 heteroatoms. The zero-order valence-electron chi connectivity index (χ0n) is 24.6. The van der Waals surface area contributed by atoms with Crippen LogP contribution in [0.3, 0.4) is 0 Å². The summed E-state index contributed by atoms with van der Waals surface area (Å²) in [5.74, 6) is 1.43. The number of alkyl carbamates (subject to hydrolysis) is 1. The average molecular weight is 599 g/mol. The van der Waals surface area contributed by atoms with Crippen molar-refractivity contribution in [1.29, 1.82) is 0 Å². The molecule has 0 unspecified atom stereocenters. The fraction of sp³-hybridized carbons (Fsp3) is 0.371. The van der Waals surface area contributed by atoms with Crippen molar-refractivity contribution in [2.24, 2.45) is 5.92 Å². The first kappa shape index (κ1) is 28.5. The molecule has 0 radical (unpaired) electrons. The van der Waals surface area contributed by atoms with Crippen LogP contribution >= 0.6 is 0 Å². The summed E-state index contributed by atoms with van der Waals surface area (Å²) in [5.41, 5.74) is 9.38. The van der Waals surface area contributed by atoms with Crippen LogP contribution in [-0.4, -0.2) is 48.5 Å². The van der Waals surface area contributed by atoms with Crippen LogP contribution in [0.2, 0.25) is 0 Å². The molecule has 1 saturated carbocycles. The molecule has 1 aromatic heterocycles. The maximum atomic E-state index is 12.8. The molecule has 44 heavy (non-hydrogen) atoms. The summed E-state index contributed by atoms with van der Waals surface area (Å²) in [7, 11) is 1.30. The van der Waals surface area contributed by atoms with Gasteiger partial charge >= 0.3 is 12.7 Å². The molecular weight excluding hydrogens is 562 g/mol. The average Bonchev–Trinajstić information content (AvgIpc) is 3.84. The molecule has 2 N–H and O–H groups in total. The van der Waals surface area contributed by atoms with Gasteiger partial charge in [-0.25, -0.2) is 9.78 Å². The van der Waals surface area contributed by atoms with Gasteiger partial charge in [-0.1, -0.05) is 66.7 Å². The minimum atomic E-state index is -2.86. The molecular formula is C35H36F2N4O3. The summed E-state index contributed by atoms with van der Waals surface area (Å²) in [4.78, 5) is 23.5. The van der Waals surface area contributed by atoms with Crippen molar-refractivity contribution >= 4 is 11.8 Å². The van der Waals surface area contributed by atoms with Crippen LogP contribution in [0.4, 0.5) is 19.3 Å². The molecule has 4 atom stereocenters. The monoisotopic (exact) mass is 598 g/mol. The highest BCUT2D eigenvalue weighted by Gasteiger charge is 2.49. The summed E-state index contributed by atoms with van der Waals surface area (Å²) in [6.07, 6.45) is 6.18. The number of rotatable bonds is 10. The van der Waals surface area contributed by atoms with Gasteiger partial charge in [0.25, 0.3) is 0 Å². The molecule has 2 fully saturated rings. The molecule has 7 rings (SSSR count). The number of halogens is 2. The fourth-order valence-electron chi connectivity index (χ4n) is 7.66. The van der Waals surface area contributed by atoms with Crippen LogP contribution < -0.4 is 10.2 Å². The maximum absolute atomic E-state index is 12.8. The van der Waals surface area contributed by atoms with E-state index in [1.165, 1.54) is 35.1 Å². The normalized spacial score (nSPS) is 20.5. The highest BCUT2D eigenvalue weighted by atomic mass is 19.3. The van der Waals surface area contributed by atoms with Crippen molar-refractivity contribution in [3.8, 4) is 22.4 Å². The maximum Gasteiger partial charge on any atom is 0.407 e. The Morgan fingerprint density at radius 1 is 1.07 bits per heavy atom. The summed E-state index contributed by atoms with van der Waals surface area (Å²) < 4.78 is 35.1. The number of piperidine rings is 1. The lowest BCUT2D eigenvalue weighted by Crippen LogP contribution is -2.40. The molecule has 7 nitrogen and oxygen atoms in total. The molecule has 2 bridgehead atoms. The molecule has 1 amide bonds.